The molecule has 0 aromatic heterocycles. The lowest BCUT2D eigenvalue weighted by Gasteiger charge is -2.07. The summed E-state index contributed by atoms with van der Waals surface area (Å²) in [5.74, 6) is -0.309. The molecule has 0 aliphatic heterocycles. The zero-order valence-electron chi connectivity index (χ0n) is 14.0. The van der Waals surface area contributed by atoms with Crippen molar-refractivity contribution in [2.24, 2.45) is 0 Å². The Morgan fingerprint density at radius 1 is 0.880 bits per heavy atom. The third kappa shape index (κ3) is 6.24. The average Bonchev–Trinajstić information content (AvgIpc) is 2.63. The summed E-state index contributed by atoms with van der Waals surface area (Å²) in [4.78, 5) is 23.2. The van der Waals surface area contributed by atoms with Gasteiger partial charge in [-0.2, -0.15) is 0 Å². The average molecular weight is 338 g/mol. The van der Waals surface area contributed by atoms with Crippen LogP contribution in [0.3, 0.4) is 0 Å². The van der Waals surface area contributed by atoms with Gasteiger partial charge in [0.05, 0.1) is 0 Å². The number of hydrogen-bond acceptors (Lipinski definition) is 3. The Morgan fingerprint density at radius 3 is 1.92 bits per heavy atom. The standard InChI is InChI=1S/C20H22N2O3/c1-2-19(24)21-17-8-3-15(4-9-17)7-12-20(25)22-18-10-5-16(6-11-18)13-14-23/h2-6,8-11,23H,1,7,12-14H2,(H,21,24)(H,22,25). The van der Waals surface area contributed by atoms with Crippen LogP contribution >= 0.6 is 0 Å². The minimum absolute atomic E-state index is 0.0565. The van der Waals surface area contributed by atoms with E-state index < -0.39 is 0 Å². The van der Waals surface area contributed by atoms with Crippen LogP contribution in [0.25, 0.3) is 0 Å². The number of aryl methyl sites for hydroxylation is 1. The number of carbonyl (C=O) groups excluding carboxylic acids is 2. The van der Waals surface area contributed by atoms with Gasteiger partial charge in [0.25, 0.3) is 0 Å². The van der Waals surface area contributed by atoms with Crippen molar-refractivity contribution in [2.75, 3.05) is 17.2 Å². The van der Waals surface area contributed by atoms with Crippen LogP contribution in [-0.2, 0) is 22.4 Å². The van der Waals surface area contributed by atoms with Crippen LogP contribution in [0.5, 0.6) is 0 Å². The molecule has 0 aliphatic carbocycles. The van der Waals surface area contributed by atoms with Gasteiger partial charge in [-0.25, -0.2) is 0 Å². The number of amides is 2. The van der Waals surface area contributed by atoms with Gasteiger partial charge in [0, 0.05) is 24.4 Å². The normalized spacial score (nSPS) is 10.1. The van der Waals surface area contributed by atoms with Gasteiger partial charge < -0.3 is 15.7 Å². The van der Waals surface area contributed by atoms with E-state index >= 15 is 0 Å². The molecule has 0 spiro atoms. The summed E-state index contributed by atoms with van der Waals surface area (Å²) in [7, 11) is 0. The number of anilines is 2. The maximum atomic E-state index is 12.0. The molecule has 2 amide bonds. The molecule has 0 heterocycles. The van der Waals surface area contributed by atoms with Gasteiger partial charge in [-0.05, 0) is 54.3 Å². The van der Waals surface area contributed by atoms with Crippen LogP contribution < -0.4 is 10.6 Å². The molecule has 5 heteroatoms. The molecule has 0 unspecified atom stereocenters. The van der Waals surface area contributed by atoms with Crippen LogP contribution in [0.4, 0.5) is 11.4 Å². The Balaban J connectivity index is 1.81. The van der Waals surface area contributed by atoms with E-state index in [0.29, 0.717) is 24.9 Å². The number of nitrogens with one attached hydrogen (secondary N) is 2. The fourth-order valence-corrected chi connectivity index (χ4v) is 2.31. The van der Waals surface area contributed by atoms with E-state index in [2.05, 4.69) is 17.2 Å². The Labute approximate surface area is 147 Å². The van der Waals surface area contributed by atoms with Crippen molar-refractivity contribution in [3.05, 3.63) is 72.3 Å². The SMILES string of the molecule is C=CC(=O)Nc1ccc(CCC(=O)Nc2ccc(CCO)cc2)cc1. The Kier molecular flexibility index (Phi) is 6.92. The highest BCUT2D eigenvalue weighted by molar-refractivity contribution is 5.98. The molecule has 2 aromatic carbocycles. The Morgan fingerprint density at radius 2 is 1.40 bits per heavy atom. The number of carbonyl (C=O) groups is 2. The predicted molar refractivity (Wildman–Crippen MR) is 99.5 cm³/mol. The second-order valence-electron chi connectivity index (χ2n) is 5.61. The largest absolute Gasteiger partial charge is 0.396 e. The molecule has 2 rings (SSSR count). The summed E-state index contributed by atoms with van der Waals surface area (Å²) in [5.41, 5.74) is 3.49. The molecule has 25 heavy (non-hydrogen) atoms. The molecular formula is C20H22N2O3. The van der Waals surface area contributed by atoms with Crippen molar-refractivity contribution >= 4 is 23.2 Å². The predicted octanol–water partition coefficient (Wildman–Crippen LogP) is 2.92. The van der Waals surface area contributed by atoms with E-state index in [9.17, 15) is 9.59 Å². The summed E-state index contributed by atoms with van der Waals surface area (Å²) in [5, 5.41) is 14.4. The van der Waals surface area contributed by atoms with Crippen LogP contribution in [0.1, 0.15) is 17.5 Å². The van der Waals surface area contributed by atoms with E-state index in [4.69, 9.17) is 5.11 Å². The fourth-order valence-electron chi connectivity index (χ4n) is 2.31. The zero-order valence-corrected chi connectivity index (χ0v) is 14.0. The molecule has 0 bridgehead atoms. The quantitative estimate of drug-likeness (QED) is 0.648. The van der Waals surface area contributed by atoms with Gasteiger partial charge in [-0.15, -0.1) is 0 Å². The van der Waals surface area contributed by atoms with Crippen molar-refractivity contribution in [3.8, 4) is 0 Å². The first-order valence-electron chi connectivity index (χ1n) is 8.12. The topological polar surface area (TPSA) is 78.4 Å². The first-order chi connectivity index (χ1) is 12.1. The maximum absolute atomic E-state index is 12.0. The number of hydrogen-bond donors (Lipinski definition) is 3. The third-order valence-corrected chi connectivity index (χ3v) is 3.69. The minimum atomic E-state index is -0.253. The first kappa shape index (κ1) is 18.4. The number of rotatable bonds is 8. The Hall–Kier alpha value is -2.92. The summed E-state index contributed by atoms with van der Waals surface area (Å²) in [6, 6.07) is 14.8. The minimum Gasteiger partial charge on any atom is -0.396 e. The van der Waals surface area contributed by atoms with Gasteiger partial charge in [-0.3, -0.25) is 9.59 Å². The summed E-state index contributed by atoms with van der Waals surface area (Å²) in [6.07, 6.45) is 2.81. The second kappa shape index (κ2) is 9.39. The molecule has 130 valence electrons. The van der Waals surface area contributed by atoms with Crippen LogP contribution in [-0.4, -0.2) is 23.5 Å². The molecule has 2 aromatic rings. The lowest BCUT2D eigenvalue weighted by Crippen LogP contribution is -2.12. The number of aliphatic hydroxyl groups is 1. The summed E-state index contributed by atoms with van der Waals surface area (Å²) >= 11 is 0. The second-order valence-corrected chi connectivity index (χ2v) is 5.61. The third-order valence-electron chi connectivity index (χ3n) is 3.69. The van der Waals surface area contributed by atoms with Crippen LogP contribution in [0, 0.1) is 0 Å². The van der Waals surface area contributed by atoms with E-state index in [-0.39, 0.29) is 18.4 Å². The highest BCUT2D eigenvalue weighted by Crippen LogP contribution is 2.13. The molecule has 0 atom stereocenters. The molecule has 0 saturated heterocycles. The number of aliphatic hydroxyl groups excluding tert-OH is 1. The number of benzene rings is 2. The Bertz CT molecular complexity index is 722. The fraction of sp³-hybridized carbons (Fsp3) is 0.200. The van der Waals surface area contributed by atoms with Gasteiger partial charge in [0.2, 0.25) is 11.8 Å². The van der Waals surface area contributed by atoms with Crippen molar-refractivity contribution < 1.29 is 14.7 Å². The molecule has 0 aliphatic rings. The highest BCUT2D eigenvalue weighted by Gasteiger charge is 2.04. The van der Waals surface area contributed by atoms with E-state index in [1.165, 1.54) is 6.08 Å². The lowest BCUT2D eigenvalue weighted by atomic mass is 10.1. The molecular weight excluding hydrogens is 316 g/mol. The van der Waals surface area contributed by atoms with Crippen molar-refractivity contribution in [3.63, 3.8) is 0 Å². The highest BCUT2D eigenvalue weighted by atomic mass is 16.3. The van der Waals surface area contributed by atoms with Crippen molar-refractivity contribution in [2.45, 2.75) is 19.3 Å². The van der Waals surface area contributed by atoms with Crippen LogP contribution in [0.2, 0.25) is 0 Å². The van der Waals surface area contributed by atoms with Gasteiger partial charge >= 0.3 is 0 Å². The lowest BCUT2D eigenvalue weighted by molar-refractivity contribution is -0.116. The van der Waals surface area contributed by atoms with Gasteiger partial charge in [0.15, 0.2) is 0 Å². The molecule has 3 N–H and O–H groups in total. The van der Waals surface area contributed by atoms with Crippen LogP contribution in [0.15, 0.2) is 61.2 Å². The van der Waals surface area contributed by atoms with Gasteiger partial charge in [0.1, 0.15) is 0 Å². The maximum Gasteiger partial charge on any atom is 0.247 e. The van der Waals surface area contributed by atoms with Crippen molar-refractivity contribution in [1.82, 2.24) is 0 Å². The molecule has 0 fully saturated rings. The van der Waals surface area contributed by atoms with Gasteiger partial charge in [-0.1, -0.05) is 30.8 Å². The first-order valence-corrected chi connectivity index (χ1v) is 8.12. The molecule has 0 saturated carbocycles. The monoisotopic (exact) mass is 338 g/mol. The summed E-state index contributed by atoms with van der Waals surface area (Å²) < 4.78 is 0. The smallest absolute Gasteiger partial charge is 0.247 e. The molecule has 5 nitrogen and oxygen atoms in total. The molecule has 0 radical (unpaired) electrons. The van der Waals surface area contributed by atoms with E-state index in [1.807, 2.05) is 36.4 Å². The van der Waals surface area contributed by atoms with E-state index in [1.54, 1.807) is 12.1 Å². The van der Waals surface area contributed by atoms with Crippen molar-refractivity contribution in [1.29, 1.82) is 0 Å². The van der Waals surface area contributed by atoms with E-state index in [0.717, 1.165) is 16.8 Å². The summed E-state index contributed by atoms with van der Waals surface area (Å²) in [6.45, 7) is 3.52. The zero-order chi connectivity index (χ0) is 18.1.